The monoisotopic (exact) mass is 340 g/mol. The first kappa shape index (κ1) is 16.4. The van der Waals surface area contributed by atoms with E-state index in [9.17, 15) is 4.79 Å². The summed E-state index contributed by atoms with van der Waals surface area (Å²) in [6, 6.07) is 10.0. The summed E-state index contributed by atoms with van der Waals surface area (Å²) in [5.41, 5.74) is 1.39. The van der Waals surface area contributed by atoms with Crippen LogP contribution >= 0.6 is 11.3 Å². The van der Waals surface area contributed by atoms with E-state index in [1.807, 2.05) is 67.4 Å². The van der Waals surface area contributed by atoms with Gasteiger partial charge in [-0.15, -0.1) is 11.3 Å². The first-order valence-electron chi connectivity index (χ1n) is 7.74. The molecule has 0 saturated carbocycles. The Morgan fingerprint density at radius 3 is 2.71 bits per heavy atom. The molecule has 0 saturated heterocycles. The molecule has 2 aromatic heterocycles. The molecule has 0 spiro atoms. The molecule has 0 radical (unpaired) electrons. The molecule has 1 aromatic carbocycles. The van der Waals surface area contributed by atoms with Crippen LogP contribution in [0.1, 0.15) is 19.4 Å². The lowest BCUT2D eigenvalue weighted by molar-refractivity contribution is -0.123. The molecule has 1 amide bonds. The SMILES string of the molecule is Cn1ccnc1-c1csc(NC(=O)C(C)(C)Cc2ccccc2)n1. The molecule has 0 aliphatic carbocycles. The van der Waals surface area contributed by atoms with Crippen molar-refractivity contribution in [3.8, 4) is 11.5 Å². The average molecular weight is 340 g/mol. The Hall–Kier alpha value is -2.47. The highest BCUT2D eigenvalue weighted by Crippen LogP contribution is 2.27. The fourth-order valence-electron chi connectivity index (χ4n) is 2.50. The van der Waals surface area contributed by atoms with Crippen LogP contribution in [0.5, 0.6) is 0 Å². The molecule has 5 nitrogen and oxygen atoms in total. The fourth-order valence-corrected chi connectivity index (χ4v) is 3.18. The van der Waals surface area contributed by atoms with Crippen LogP contribution < -0.4 is 5.32 Å². The second kappa shape index (κ2) is 6.57. The standard InChI is InChI=1S/C18H20N4OS/c1-18(2,11-13-7-5-4-6-8-13)16(23)21-17-20-14(12-24-17)15-19-9-10-22(15)3/h4-10,12H,11H2,1-3H3,(H,20,21,23). The Kier molecular flexibility index (Phi) is 4.49. The quantitative estimate of drug-likeness (QED) is 0.769. The molecule has 24 heavy (non-hydrogen) atoms. The average Bonchev–Trinajstić information content (AvgIpc) is 3.16. The van der Waals surface area contributed by atoms with Crippen molar-refractivity contribution in [2.45, 2.75) is 20.3 Å². The minimum atomic E-state index is -0.517. The molecule has 0 bridgehead atoms. The molecule has 2 heterocycles. The van der Waals surface area contributed by atoms with Crippen LogP contribution in [0.15, 0.2) is 48.1 Å². The lowest BCUT2D eigenvalue weighted by Crippen LogP contribution is -2.32. The lowest BCUT2D eigenvalue weighted by Gasteiger charge is -2.22. The van der Waals surface area contributed by atoms with E-state index in [1.54, 1.807) is 6.20 Å². The van der Waals surface area contributed by atoms with Crippen LogP contribution in [0.4, 0.5) is 5.13 Å². The number of thiazole rings is 1. The minimum Gasteiger partial charge on any atom is -0.333 e. The highest BCUT2D eigenvalue weighted by atomic mass is 32.1. The molecular formula is C18H20N4OS. The number of aryl methyl sites for hydroxylation is 1. The largest absolute Gasteiger partial charge is 0.333 e. The molecule has 0 aliphatic heterocycles. The number of aromatic nitrogens is 3. The number of carbonyl (C=O) groups is 1. The van der Waals surface area contributed by atoms with E-state index in [0.29, 0.717) is 11.6 Å². The van der Waals surface area contributed by atoms with Crippen molar-refractivity contribution in [1.82, 2.24) is 14.5 Å². The topological polar surface area (TPSA) is 59.8 Å². The first-order valence-corrected chi connectivity index (χ1v) is 8.62. The van der Waals surface area contributed by atoms with E-state index in [2.05, 4.69) is 15.3 Å². The van der Waals surface area contributed by atoms with Gasteiger partial charge in [0.2, 0.25) is 5.91 Å². The Labute approximate surface area is 145 Å². The first-order chi connectivity index (χ1) is 11.5. The van der Waals surface area contributed by atoms with Crippen LogP contribution in [0.3, 0.4) is 0 Å². The zero-order chi connectivity index (χ0) is 17.2. The fraction of sp³-hybridized carbons (Fsp3) is 0.278. The maximum atomic E-state index is 12.6. The van der Waals surface area contributed by atoms with Gasteiger partial charge in [0, 0.05) is 30.2 Å². The van der Waals surface area contributed by atoms with Gasteiger partial charge in [0.05, 0.1) is 0 Å². The predicted molar refractivity (Wildman–Crippen MR) is 96.9 cm³/mol. The van der Waals surface area contributed by atoms with Crippen LogP contribution in [0, 0.1) is 5.41 Å². The van der Waals surface area contributed by atoms with Gasteiger partial charge in [0.25, 0.3) is 0 Å². The van der Waals surface area contributed by atoms with Gasteiger partial charge in [0.15, 0.2) is 11.0 Å². The summed E-state index contributed by atoms with van der Waals surface area (Å²) in [6.07, 6.45) is 4.28. The molecule has 0 fully saturated rings. The van der Waals surface area contributed by atoms with E-state index in [1.165, 1.54) is 11.3 Å². The summed E-state index contributed by atoms with van der Waals surface area (Å²) in [5.74, 6) is 0.752. The van der Waals surface area contributed by atoms with Crippen molar-refractivity contribution < 1.29 is 4.79 Å². The van der Waals surface area contributed by atoms with Crippen LogP contribution in [-0.2, 0) is 18.3 Å². The predicted octanol–water partition coefficient (Wildman–Crippen LogP) is 3.75. The van der Waals surface area contributed by atoms with Crippen molar-refractivity contribution in [2.24, 2.45) is 12.5 Å². The summed E-state index contributed by atoms with van der Waals surface area (Å²) in [6.45, 7) is 3.89. The number of hydrogen-bond acceptors (Lipinski definition) is 4. The van der Waals surface area contributed by atoms with Crippen molar-refractivity contribution in [2.75, 3.05) is 5.32 Å². The number of anilines is 1. The number of amides is 1. The van der Waals surface area contributed by atoms with Gasteiger partial charge in [-0.3, -0.25) is 4.79 Å². The van der Waals surface area contributed by atoms with Gasteiger partial charge >= 0.3 is 0 Å². The summed E-state index contributed by atoms with van der Waals surface area (Å²) < 4.78 is 1.90. The Morgan fingerprint density at radius 1 is 1.29 bits per heavy atom. The number of benzene rings is 1. The number of nitrogens with zero attached hydrogens (tertiary/aromatic N) is 3. The molecule has 124 valence electrons. The number of carbonyl (C=O) groups excluding carboxylic acids is 1. The minimum absolute atomic E-state index is 0.0351. The molecule has 0 atom stereocenters. The lowest BCUT2D eigenvalue weighted by atomic mass is 9.85. The van der Waals surface area contributed by atoms with Gasteiger partial charge in [-0.2, -0.15) is 0 Å². The summed E-state index contributed by atoms with van der Waals surface area (Å²) in [7, 11) is 1.92. The van der Waals surface area contributed by atoms with Crippen LogP contribution in [0.25, 0.3) is 11.5 Å². The van der Waals surface area contributed by atoms with E-state index in [4.69, 9.17) is 0 Å². The van der Waals surface area contributed by atoms with Crippen LogP contribution in [0.2, 0.25) is 0 Å². The smallest absolute Gasteiger partial charge is 0.232 e. The molecule has 3 rings (SSSR count). The molecule has 1 N–H and O–H groups in total. The zero-order valence-corrected chi connectivity index (χ0v) is 14.8. The highest BCUT2D eigenvalue weighted by Gasteiger charge is 2.28. The second-order valence-electron chi connectivity index (χ2n) is 6.40. The number of imidazole rings is 1. The van der Waals surface area contributed by atoms with Gasteiger partial charge in [-0.05, 0) is 12.0 Å². The Morgan fingerprint density at radius 2 is 2.04 bits per heavy atom. The number of nitrogens with one attached hydrogen (secondary N) is 1. The highest BCUT2D eigenvalue weighted by molar-refractivity contribution is 7.14. The third-order valence-electron chi connectivity index (χ3n) is 3.88. The van der Waals surface area contributed by atoms with E-state index >= 15 is 0 Å². The summed E-state index contributed by atoms with van der Waals surface area (Å²) in [5, 5.41) is 5.44. The van der Waals surface area contributed by atoms with Crippen molar-refractivity contribution in [3.63, 3.8) is 0 Å². The summed E-state index contributed by atoms with van der Waals surface area (Å²) in [4.78, 5) is 21.4. The van der Waals surface area contributed by atoms with E-state index in [0.717, 1.165) is 17.1 Å². The third-order valence-corrected chi connectivity index (χ3v) is 4.64. The number of hydrogen-bond donors (Lipinski definition) is 1. The third kappa shape index (κ3) is 3.54. The zero-order valence-electron chi connectivity index (χ0n) is 14.0. The maximum absolute atomic E-state index is 12.6. The summed E-state index contributed by atoms with van der Waals surface area (Å²) >= 11 is 1.41. The van der Waals surface area contributed by atoms with Crippen molar-refractivity contribution >= 4 is 22.4 Å². The normalized spacial score (nSPS) is 11.5. The van der Waals surface area contributed by atoms with Gasteiger partial charge < -0.3 is 9.88 Å². The van der Waals surface area contributed by atoms with Gasteiger partial charge in [0.1, 0.15) is 5.69 Å². The Balaban J connectivity index is 1.70. The van der Waals surface area contributed by atoms with Gasteiger partial charge in [-0.25, -0.2) is 9.97 Å². The van der Waals surface area contributed by atoms with Crippen molar-refractivity contribution in [3.05, 3.63) is 53.7 Å². The second-order valence-corrected chi connectivity index (χ2v) is 7.26. The maximum Gasteiger partial charge on any atom is 0.232 e. The number of rotatable bonds is 5. The van der Waals surface area contributed by atoms with Gasteiger partial charge in [-0.1, -0.05) is 44.2 Å². The van der Waals surface area contributed by atoms with Crippen LogP contribution in [-0.4, -0.2) is 20.4 Å². The Bertz CT molecular complexity index is 836. The van der Waals surface area contributed by atoms with E-state index < -0.39 is 5.41 Å². The van der Waals surface area contributed by atoms with Crippen molar-refractivity contribution in [1.29, 1.82) is 0 Å². The molecule has 3 aromatic rings. The molecule has 6 heteroatoms. The van der Waals surface area contributed by atoms with E-state index in [-0.39, 0.29) is 5.91 Å². The molecule has 0 aliphatic rings. The molecule has 0 unspecified atom stereocenters. The molecular weight excluding hydrogens is 320 g/mol.